The zero-order valence-electron chi connectivity index (χ0n) is 12.5. The summed E-state index contributed by atoms with van der Waals surface area (Å²) in [7, 11) is 1.62. The van der Waals surface area contributed by atoms with Crippen molar-refractivity contribution in [2.45, 2.75) is 31.9 Å². The zero-order valence-corrected chi connectivity index (χ0v) is 12.5. The highest BCUT2D eigenvalue weighted by Gasteiger charge is 2.38. The molecule has 1 aromatic rings. The Morgan fingerprint density at radius 1 is 1.36 bits per heavy atom. The van der Waals surface area contributed by atoms with Crippen LogP contribution in [-0.4, -0.2) is 20.3 Å². The van der Waals surface area contributed by atoms with E-state index in [1.165, 1.54) is 12.1 Å². The normalized spacial score (nSPS) is 16.7. The molecule has 0 saturated heterocycles. The molecular weight excluding hydrogens is 293 g/mol. The van der Waals surface area contributed by atoms with E-state index < -0.39 is 11.7 Å². The molecule has 6 heteroatoms. The number of hydrogen-bond donors (Lipinski definition) is 1. The fourth-order valence-electron chi connectivity index (χ4n) is 2.80. The standard InChI is InChI=1S/C16H19F3N2O/c1-22-8-7-15(5-2-6-15)11-21-14-9-12(10-20)3-4-13(14)16(17,18)19/h3-4,9,21H,2,5-8,11H2,1H3. The van der Waals surface area contributed by atoms with Gasteiger partial charge in [0.05, 0.1) is 17.2 Å². The molecule has 1 aliphatic rings. The van der Waals surface area contributed by atoms with Crippen molar-refractivity contribution in [3.8, 4) is 6.07 Å². The Hall–Kier alpha value is -1.74. The quantitative estimate of drug-likeness (QED) is 0.856. The monoisotopic (exact) mass is 312 g/mol. The van der Waals surface area contributed by atoms with Crippen molar-refractivity contribution in [1.82, 2.24) is 0 Å². The number of anilines is 1. The van der Waals surface area contributed by atoms with E-state index in [-0.39, 0.29) is 16.7 Å². The van der Waals surface area contributed by atoms with Crippen LogP contribution in [0, 0.1) is 16.7 Å². The summed E-state index contributed by atoms with van der Waals surface area (Å²) < 4.78 is 44.3. The molecule has 1 N–H and O–H groups in total. The van der Waals surface area contributed by atoms with Crippen LogP contribution >= 0.6 is 0 Å². The van der Waals surface area contributed by atoms with Crippen molar-refractivity contribution >= 4 is 5.69 Å². The summed E-state index contributed by atoms with van der Waals surface area (Å²) in [5, 5.41) is 11.8. The van der Waals surface area contributed by atoms with Gasteiger partial charge in [-0.25, -0.2) is 0 Å². The molecule has 2 rings (SSSR count). The Morgan fingerprint density at radius 2 is 2.09 bits per heavy atom. The van der Waals surface area contributed by atoms with Gasteiger partial charge in [0.25, 0.3) is 0 Å². The molecule has 1 fully saturated rings. The van der Waals surface area contributed by atoms with Gasteiger partial charge in [0, 0.05) is 25.9 Å². The maximum absolute atomic E-state index is 13.1. The summed E-state index contributed by atoms with van der Waals surface area (Å²) in [6, 6.07) is 5.30. The van der Waals surface area contributed by atoms with E-state index in [4.69, 9.17) is 10.00 Å². The van der Waals surface area contributed by atoms with Gasteiger partial charge in [0.2, 0.25) is 0 Å². The van der Waals surface area contributed by atoms with Gasteiger partial charge in [0.15, 0.2) is 0 Å². The first-order valence-corrected chi connectivity index (χ1v) is 7.24. The predicted molar refractivity (Wildman–Crippen MR) is 77.4 cm³/mol. The summed E-state index contributed by atoms with van der Waals surface area (Å²) in [6.45, 7) is 1.07. The Morgan fingerprint density at radius 3 is 2.59 bits per heavy atom. The van der Waals surface area contributed by atoms with Crippen LogP contribution in [0.5, 0.6) is 0 Å². The third kappa shape index (κ3) is 3.72. The molecule has 0 spiro atoms. The summed E-state index contributed by atoms with van der Waals surface area (Å²) >= 11 is 0. The predicted octanol–water partition coefficient (Wildman–Crippen LogP) is 4.20. The average Bonchev–Trinajstić information content (AvgIpc) is 2.44. The molecule has 3 nitrogen and oxygen atoms in total. The highest BCUT2D eigenvalue weighted by atomic mass is 19.4. The molecule has 0 unspecified atom stereocenters. The summed E-state index contributed by atoms with van der Waals surface area (Å²) in [6.07, 6.45) is -0.535. The topological polar surface area (TPSA) is 45.0 Å². The van der Waals surface area contributed by atoms with Crippen molar-refractivity contribution < 1.29 is 17.9 Å². The van der Waals surface area contributed by atoms with Gasteiger partial charge in [-0.15, -0.1) is 0 Å². The minimum atomic E-state index is -4.43. The van der Waals surface area contributed by atoms with Gasteiger partial charge in [-0.3, -0.25) is 0 Å². The van der Waals surface area contributed by atoms with Crippen molar-refractivity contribution in [1.29, 1.82) is 5.26 Å². The fourth-order valence-corrected chi connectivity index (χ4v) is 2.80. The number of alkyl halides is 3. The number of hydrogen-bond acceptors (Lipinski definition) is 3. The second kappa shape index (κ2) is 6.57. The first-order valence-electron chi connectivity index (χ1n) is 7.24. The van der Waals surface area contributed by atoms with Gasteiger partial charge in [-0.2, -0.15) is 18.4 Å². The average molecular weight is 312 g/mol. The van der Waals surface area contributed by atoms with E-state index in [2.05, 4.69) is 5.32 Å². The number of halogens is 3. The van der Waals surface area contributed by atoms with E-state index >= 15 is 0 Å². The van der Waals surface area contributed by atoms with E-state index in [1.807, 2.05) is 6.07 Å². The highest BCUT2D eigenvalue weighted by molar-refractivity contribution is 5.57. The van der Waals surface area contributed by atoms with Gasteiger partial charge < -0.3 is 10.1 Å². The molecule has 22 heavy (non-hydrogen) atoms. The number of benzene rings is 1. The molecule has 0 bridgehead atoms. The first-order chi connectivity index (χ1) is 10.4. The molecule has 120 valence electrons. The minimum Gasteiger partial charge on any atom is -0.385 e. The maximum Gasteiger partial charge on any atom is 0.418 e. The highest BCUT2D eigenvalue weighted by Crippen LogP contribution is 2.44. The van der Waals surface area contributed by atoms with Crippen molar-refractivity contribution in [3.63, 3.8) is 0 Å². The summed E-state index contributed by atoms with van der Waals surface area (Å²) in [5.41, 5.74) is -0.528. The molecule has 1 aromatic carbocycles. The van der Waals surface area contributed by atoms with Crippen molar-refractivity contribution in [3.05, 3.63) is 29.3 Å². The molecule has 0 amide bonds. The minimum absolute atomic E-state index is 0.00151. The Balaban J connectivity index is 2.16. The van der Waals surface area contributed by atoms with Gasteiger partial charge in [-0.05, 0) is 42.9 Å². The fraction of sp³-hybridized carbons (Fsp3) is 0.562. The molecule has 1 saturated carbocycles. The van der Waals surface area contributed by atoms with Crippen LogP contribution in [0.15, 0.2) is 18.2 Å². The molecule has 0 aromatic heterocycles. The van der Waals surface area contributed by atoms with E-state index in [0.29, 0.717) is 13.2 Å². The number of rotatable bonds is 6. The lowest BCUT2D eigenvalue weighted by atomic mass is 9.66. The molecule has 0 aliphatic heterocycles. The Bertz CT molecular complexity index is 559. The molecular formula is C16H19F3N2O. The lowest BCUT2D eigenvalue weighted by Gasteiger charge is -2.42. The number of nitriles is 1. The lowest BCUT2D eigenvalue weighted by molar-refractivity contribution is -0.137. The Kier molecular flexibility index (Phi) is 4.97. The summed E-state index contributed by atoms with van der Waals surface area (Å²) in [5.74, 6) is 0. The van der Waals surface area contributed by atoms with E-state index in [9.17, 15) is 13.2 Å². The SMILES string of the molecule is COCCC1(CNc2cc(C#N)ccc2C(F)(F)F)CCC1. The second-order valence-corrected chi connectivity index (χ2v) is 5.82. The van der Waals surface area contributed by atoms with E-state index in [0.717, 1.165) is 31.7 Å². The molecule has 0 atom stereocenters. The zero-order chi connectivity index (χ0) is 16.2. The third-order valence-corrected chi connectivity index (χ3v) is 4.36. The number of nitrogens with zero attached hydrogens (tertiary/aromatic N) is 1. The van der Waals surface area contributed by atoms with E-state index in [1.54, 1.807) is 7.11 Å². The van der Waals surface area contributed by atoms with Crippen LogP contribution in [0.3, 0.4) is 0 Å². The van der Waals surface area contributed by atoms with Gasteiger partial charge >= 0.3 is 6.18 Å². The van der Waals surface area contributed by atoms with Crippen molar-refractivity contribution in [2.75, 3.05) is 25.6 Å². The van der Waals surface area contributed by atoms with Crippen LogP contribution in [0.25, 0.3) is 0 Å². The van der Waals surface area contributed by atoms with Crippen molar-refractivity contribution in [2.24, 2.45) is 5.41 Å². The van der Waals surface area contributed by atoms with Crippen LogP contribution in [0.4, 0.5) is 18.9 Å². The smallest absolute Gasteiger partial charge is 0.385 e. The Labute approximate surface area is 128 Å². The van der Waals surface area contributed by atoms with Gasteiger partial charge in [0.1, 0.15) is 0 Å². The maximum atomic E-state index is 13.1. The van der Waals surface area contributed by atoms with Crippen LogP contribution in [-0.2, 0) is 10.9 Å². The number of methoxy groups -OCH3 is 1. The number of nitrogens with one attached hydrogen (secondary N) is 1. The molecule has 0 radical (unpaired) electrons. The number of ether oxygens (including phenoxy) is 1. The second-order valence-electron chi connectivity index (χ2n) is 5.82. The molecule has 0 heterocycles. The molecule has 1 aliphatic carbocycles. The summed E-state index contributed by atoms with van der Waals surface area (Å²) in [4.78, 5) is 0. The third-order valence-electron chi connectivity index (χ3n) is 4.36. The largest absolute Gasteiger partial charge is 0.418 e. The van der Waals surface area contributed by atoms with Crippen LogP contribution in [0.2, 0.25) is 0 Å². The first kappa shape index (κ1) is 16.6. The van der Waals surface area contributed by atoms with Gasteiger partial charge in [-0.1, -0.05) is 6.42 Å². The van der Waals surface area contributed by atoms with Crippen LogP contribution < -0.4 is 5.32 Å². The lowest BCUT2D eigenvalue weighted by Crippen LogP contribution is -2.38. The van der Waals surface area contributed by atoms with Crippen LogP contribution in [0.1, 0.15) is 36.8 Å².